The summed E-state index contributed by atoms with van der Waals surface area (Å²) in [6.07, 6.45) is 10.5. The summed E-state index contributed by atoms with van der Waals surface area (Å²) in [4.78, 5) is 0. The fourth-order valence-corrected chi connectivity index (χ4v) is 1.41. The largest absolute Gasteiger partial charge is 0.0874 e. The van der Waals surface area contributed by atoms with Crippen LogP contribution in [0.3, 0.4) is 0 Å². The van der Waals surface area contributed by atoms with Crippen molar-refractivity contribution in [1.82, 2.24) is 0 Å². The van der Waals surface area contributed by atoms with E-state index in [2.05, 4.69) is 45.9 Å². The second-order valence-corrected chi connectivity index (χ2v) is 3.33. The molecular weight excluding hydrogens is 144 g/mol. The lowest BCUT2D eigenvalue weighted by Crippen LogP contribution is -1.96. The monoisotopic (exact) mass is 166 g/mol. The van der Waals surface area contributed by atoms with Gasteiger partial charge in [-0.3, -0.25) is 0 Å². The zero-order chi connectivity index (χ0) is 9.40. The maximum Gasteiger partial charge on any atom is -0.0194 e. The summed E-state index contributed by atoms with van der Waals surface area (Å²) in [5.74, 6) is 0.728. The van der Waals surface area contributed by atoms with E-state index >= 15 is 0 Å². The molecule has 0 aromatic heterocycles. The highest BCUT2D eigenvalue weighted by atomic mass is 14.1. The molecule has 0 aliphatic carbocycles. The van der Waals surface area contributed by atoms with Gasteiger partial charge in [-0.25, -0.2) is 0 Å². The van der Waals surface area contributed by atoms with Crippen molar-refractivity contribution in [2.75, 3.05) is 0 Å². The number of unbranched alkanes of at least 4 members (excludes halogenated alkanes) is 1. The fourth-order valence-electron chi connectivity index (χ4n) is 1.41. The van der Waals surface area contributed by atoms with Gasteiger partial charge in [-0.15, -0.1) is 0 Å². The van der Waals surface area contributed by atoms with E-state index < -0.39 is 0 Å². The van der Waals surface area contributed by atoms with Crippen molar-refractivity contribution in [2.24, 2.45) is 5.92 Å². The van der Waals surface area contributed by atoms with Crippen molar-refractivity contribution in [3.05, 3.63) is 23.8 Å². The molecule has 0 heterocycles. The molecule has 0 N–H and O–H groups in total. The molecule has 1 unspecified atom stereocenters. The van der Waals surface area contributed by atoms with Gasteiger partial charge in [0.15, 0.2) is 0 Å². The Kier molecular flexibility index (Phi) is 6.84. The van der Waals surface area contributed by atoms with Gasteiger partial charge in [0.1, 0.15) is 0 Å². The normalized spacial score (nSPS) is 15.5. The van der Waals surface area contributed by atoms with Crippen LogP contribution in [0, 0.1) is 5.92 Å². The van der Waals surface area contributed by atoms with E-state index in [4.69, 9.17) is 0 Å². The summed E-state index contributed by atoms with van der Waals surface area (Å²) in [7, 11) is 0. The van der Waals surface area contributed by atoms with Gasteiger partial charge in [-0.2, -0.15) is 0 Å². The lowest BCUT2D eigenvalue weighted by molar-refractivity contribution is 0.580. The van der Waals surface area contributed by atoms with E-state index in [0.717, 1.165) is 5.92 Å². The number of allylic oxidation sites excluding steroid dienone is 4. The standard InChI is InChI=1S/C12H22/c1-5-8-10-11(4)12(7-3)9-6-2/h6-7,9,11H,5,8,10H2,1-4H3/b9-6-,12-7+. The molecule has 0 saturated heterocycles. The minimum atomic E-state index is 0.728. The van der Waals surface area contributed by atoms with E-state index in [9.17, 15) is 0 Å². The summed E-state index contributed by atoms with van der Waals surface area (Å²) >= 11 is 0. The van der Waals surface area contributed by atoms with Crippen LogP contribution >= 0.6 is 0 Å². The van der Waals surface area contributed by atoms with Crippen molar-refractivity contribution < 1.29 is 0 Å². The van der Waals surface area contributed by atoms with E-state index in [1.165, 1.54) is 24.8 Å². The maximum absolute atomic E-state index is 2.31. The average molecular weight is 166 g/mol. The Morgan fingerprint density at radius 2 is 2.00 bits per heavy atom. The molecular formula is C12H22. The summed E-state index contributed by atoms with van der Waals surface area (Å²) in [5.41, 5.74) is 1.48. The SMILES string of the molecule is C/C=C\C(=C/C)C(C)CCCC. The first-order valence-electron chi connectivity index (χ1n) is 5.05. The summed E-state index contributed by atoms with van der Waals surface area (Å²) in [6, 6.07) is 0. The number of hydrogen-bond donors (Lipinski definition) is 0. The molecule has 0 bridgehead atoms. The topological polar surface area (TPSA) is 0 Å². The molecule has 0 aliphatic rings. The van der Waals surface area contributed by atoms with Crippen molar-refractivity contribution in [3.8, 4) is 0 Å². The van der Waals surface area contributed by atoms with Gasteiger partial charge in [0.25, 0.3) is 0 Å². The molecule has 0 aromatic rings. The van der Waals surface area contributed by atoms with Gasteiger partial charge < -0.3 is 0 Å². The Morgan fingerprint density at radius 1 is 1.33 bits per heavy atom. The Balaban J connectivity index is 3.95. The summed E-state index contributed by atoms with van der Waals surface area (Å²) in [5, 5.41) is 0. The molecule has 0 nitrogen and oxygen atoms in total. The molecule has 1 atom stereocenters. The van der Waals surface area contributed by atoms with Crippen molar-refractivity contribution in [3.63, 3.8) is 0 Å². The van der Waals surface area contributed by atoms with Gasteiger partial charge in [-0.1, -0.05) is 44.9 Å². The third-order valence-corrected chi connectivity index (χ3v) is 2.25. The molecule has 0 heteroatoms. The molecule has 0 aromatic carbocycles. The molecule has 0 fully saturated rings. The van der Waals surface area contributed by atoms with Crippen LogP contribution in [0.1, 0.15) is 47.0 Å². The fraction of sp³-hybridized carbons (Fsp3) is 0.667. The lowest BCUT2D eigenvalue weighted by atomic mass is 9.95. The Hall–Kier alpha value is -0.520. The van der Waals surface area contributed by atoms with Gasteiger partial charge in [0.2, 0.25) is 0 Å². The van der Waals surface area contributed by atoms with Crippen LogP contribution in [0.15, 0.2) is 23.8 Å². The highest BCUT2D eigenvalue weighted by molar-refractivity contribution is 5.19. The molecule has 0 amide bonds. The van der Waals surface area contributed by atoms with E-state index in [-0.39, 0.29) is 0 Å². The second kappa shape index (κ2) is 7.15. The minimum absolute atomic E-state index is 0.728. The highest BCUT2D eigenvalue weighted by Gasteiger charge is 2.03. The predicted molar refractivity (Wildman–Crippen MR) is 57.3 cm³/mol. The Bertz CT molecular complexity index is 151. The minimum Gasteiger partial charge on any atom is -0.0874 e. The molecule has 0 aliphatic heterocycles. The summed E-state index contributed by atoms with van der Waals surface area (Å²) < 4.78 is 0. The van der Waals surface area contributed by atoms with Crippen molar-refractivity contribution in [2.45, 2.75) is 47.0 Å². The van der Waals surface area contributed by atoms with Gasteiger partial charge in [0.05, 0.1) is 0 Å². The van der Waals surface area contributed by atoms with E-state index in [1.54, 1.807) is 0 Å². The first-order valence-corrected chi connectivity index (χ1v) is 5.05. The third-order valence-electron chi connectivity index (χ3n) is 2.25. The first-order chi connectivity index (χ1) is 5.76. The first kappa shape index (κ1) is 11.5. The van der Waals surface area contributed by atoms with E-state index in [0.29, 0.717) is 0 Å². The average Bonchev–Trinajstić information content (AvgIpc) is 2.10. The smallest absolute Gasteiger partial charge is 0.0194 e. The Labute approximate surface area is 77.4 Å². The van der Waals surface area contributed by atoms with Gasteiger partial charge in [-0.05, 0) is 31.8 Å². The second-order valence-electron chi connectivity index (χ2n) is 3.33. The van der Waals surface area contributed by atoms with Crippen LogP contribution in [-0.4, -0.2) is 0 Å². The van der Waals surface area contributed by atoms with Crippen LogP contribution in [-0.2, 0) is 0 Å². The van der Waals surface area contributed by atoms with Crippen LogP contribution < -0.4 is 0 Å². The van der Waals surface area contributed by atoms with Crippen molar-refractivity contribution in [1.29, 1.82) is 0 Å². The van der Waals surface area contributed by atoms with Crippen LogP contribution in [0.2, 0.25) is 0 Å². The zero-order valence-electron chi connectivity index (χ0n) is 8.93. The molecule has 0 rings (SSSR count). The summed E-state index contributed by atoms with van der Waals surface area (Å²) in [6.45, 7) is 8.76. The lowest BCUT2D eigenvalue weighted by Gasteiger charge is -2.11. The molecule has 12 heavy (non-hydrogen) atoms. The highest BCUT2D eigenvalue weighted by Crippen LogP contribution is 2.18. The predicted octanol–water partition coefficient (Wildman–Crippen LogP) is 4.34. The van der Waals surface area contributed by atoms with Crippen LogP contribution in [0.4, 0.5) is 0 Å². The molecule has 70 valence electrons. The number of rotatable bonds is 5. The zero-order valence-corrected chi connectivity index (χ0v) is 8.93. The maximum atomic E-state index is 2.31. The molecule has 0 saturated carbocycles. The van der Waals surface area contributed by atoms with E-state index in [1.807, 2.05) is 0 Å². The third kappa shape index (κ3) is 4.38. The van der Waals surface area contributed by atoms with Crippen molar-refractivity contribution >= 4 is 0 Å². The Morgan fingerprint density at radius 3 is 2.42 bits per heavy atom. The van der Waals surface area contributed by atoms with Crippen LogP contribution in [0.25, 0.3) is 0 Å². The van der Waals surface area contributed by atoms with Crippen LogP contribution in [0.5, 0.6) is 0 Å². The molecule has 0 radical (unpaired) electrons. The molecule has 0 spiro atoms. The number of hydrogen-bond acceptors (Lipinski definition) is 0. The van der Waals surface area contributed by atoms with Gasteiger partial charge in [0, 0.05) is 0 Å². The quantitative estimate of drug-likeness (QED) is 0.533. The van der Waals surface area contributed by atoms with Gasteiger partial charge >= 0.3 is 0 Å².